The Kier molecular flexibility index (Phi) is 5.91. The highest BCUT2D eigenvalue weighted by molar-refractivity contribution is 5.14. The third-order valence-corrected chi connectivity index (χ3v) is 5.71. The Hall–Kier alpha value is -0.860. The van der Waals surface area contributed by atoms with Crippen LogP contribution in [0.3, 0.4) is 0 Å². The predicted molar refractivity (Wildman–Crippen MR) is 94.2 cm³/mol. The van der Waals surface area contributed by atoms with Crippen LogP contribution in [0.15, 0.2) is 30.3 Å². The molecular formula is C20H32N2. The fraction of sp³-hybridized carbons (Fsp3) is 0.700. The Labute approximate surface area is 136 Å². The molecule has 1 aromatic rings. The summed E-state index contributed by atoms with van der Waals surface area (Å²) >= 11 is 0. The van der Waals surface area contributed by atoms with Crippen LogP contribution in [-0.4, -0.2) is 36.6 Å². The van der Waals surface area contributed by atoms with E-state index in [0.717, 1.165) is 18.0 Å². The number of likely N-dealkylation sites (tertiary alicyclic amines) is 1. The maximum absolute atomic E-state index is 3.98. The van der Waals surface area contributed by atoms with Crippen molar-refractivity contribution in [1.29, 1.82) is 0 Å². The van der Waals surface area contributed by atoms with Crippen molar-refractivity contribution in [2.45, 2.75) is 64.0 Å². The maximum Gasteiger partial charge on any atom is 0.00953 e. The number of hydrogen-bond acceptors (Lipinski definition) is 2. The predicted octanol–water partition coefficient (Wildman–Crippen LogP) is 3.86. The molecule has 1 aliphatic carbocycles. The minimum atomic E-state index is 0.763. The van der Waals surface area contributed by atoms with Gasteiger partial charge in [0.1, 0.15) is 0 Å². The van der Waals surface area contributed by atoms with Crippen LogP contribution in [0.25, 0.3) is 0 Å². The lowest BCUT2D eigenvalue weighted by Crippen LogP contribution is -2.49. The number of hydrogen-bond donors (Lipinski definition) is 1. The molecule has 1 aliphatic heterocycles. The molecule has 0 bridgehead atoms. The zero-order chi connectivity index (χ0) is 15.2. The van der Waals surface area contributed by atoms with E-state index in [9.17, 15) is 0 Å². The van der Waals surface area contributed by atoms with Crippen molar-refractivity contribution in [2.75, 3.05) is 19.6 Å². The summed E-state index contributed by atoms with van der Waals surface area (Å²) in [5, 5.41) is 3.98. The van der Waals surface area contributed by atoms with Crippen molar-refractivity contribution in [3.8, 4) is 0 Å². The van der Waals surface area contributed by atoms with Gasteiger partial charge in [0, 0.05) is 18.6 Å². The van der Waals surface area contributed by atoms with Gasteiger partial charge in [0.05, 0.1) is 0 Å². The van der Waals surface area contributed by atoms with Gasteiger partial charge < -0.3 is 10.2 Å². The first-order chi connectivity index (χ1) is 10.8. The van der Waals surface area contributed by atoms with E-state index in [-0.39, 0.29) is 0 Å². The SMILES string of the molecule is C[C@H]1CCCC[C@@H]1NC1CCN(CCc2ccccc2)CC1. The average Bonchev–Trinajstić information content (AvgIpc) is 2.57. The molecule has 3 rings (SSSR count). The van der Waals surface area contributed by atoms with Gasteiger partial charge in [-0.25, -0.2) is 0 Å². The molecule has 0 spiro atoms. The number of nitrogens with one attached hydrogen (secondary N) is 1. The summed E-state index contributed by atoms with van der Waals surface area (Å²) in [6, 6.07) is 12.5. The van der Waals surface area contributed by atoms with Crippen molar-refractivity contribution in [1.82, 2.24) is 10.2 Å². The van der Waals surface area contributed by atoms with Crippen LogP contribution < -0.4 is 5.32 Å². The Bertz CT molecular complexity index is 423. The van der Waals surface area contributed by atoms with Gasteiger partial charge in [0.2, 0.25) is 0 Å². The molecule has 2 nitrogen and oxygen atoms in total. The van der Waals surface area contributed by atoms with Gasteiger partial charge in [-0.05, 0) is 56.7 Å². The third kappa shape index (κ3) is 4.57. The zero-order valence-corrected chi connectivity index (χ0v) is 14.1. The van der Waals surface area contributed by atoms with Gasteiger partial charge in [-0.1, -0.05) is 50.1 Å². The molecule has 2 fully saturated rings. The van der Waals surface area contributed by atoms with Crippen LogP contribution in [0.4, 0.5) is 0 Å². The molecule has 1 heterocycles. The molecular weight excluding hydrogens is 268 g/mol. The fourth-order valence-corrected chi connectivity index (χ4v) is 4.12. The quantitative estimate of drug-likeness (QED) is 0.888. The van der Waals surface area contributed by atoms with Gasteiger partial charge in [0.15, 0.2) is 0 Å². The Morgan fingerprint density at radius 2 is 1.73 bits per heavy atom. The van der Waals surface area contributed by atoms with E-state index in [1.54, 1.807) is 0 Å². The standard InChI is InChI=1S/C20H32N2/c1-17-7-5-6-10-20(17)21-19-12-15-22(16-13-19)14-11-18-8-3-2-4-9-18/h2-4,8-9,17,19-21H,5-7,10-16H2,1H3/t17-,20-/m0/s1. The molecule has 2 heteroatoms. The van der Waals surface area contributed by atoms with Gasteiger partial charge >= 0.3 is 0 Å². The first-order valence-corrected chi connectivity index (χ1v) is 9.33. The number of rotatable bonds is 5. The molecule has 122 valence electrons. The summed E-state index contributed by atoms with van der Waals surface area (Å²) in [5.41, 5.74) is 1.47. The lowest BCUT2D eigenvalue weighted by atomic mass is 9.85. The van der Waals surface area contributed by atoms with Crippen LogP contribution >= 0.6 is 0 Å². The van der Waals surface area contributed by atoms with E-state index in [4.69, 9.17) is 0 Å². The summed E-state index contributed by atoms with van der Waals surface area (Å²) in [6.45, 7) is 6.19. The van der Waals surface area contributed by atoms with Gasteiger partial charge in [-0.2, -0.15) is 0 Å². The molecule has 2 aliphatic rings. The Morgan fingerprint density at radius 1 is 1.00 bits per heavy atom. The van der Waals surface area contributed by atoms with Crippen LogP contribution in [0, 0.1) is 5.92 Å². The molecule has 0 amide bonds. The molecule has 0 aromatic heterocycles. The van der Waals surface area contributed by atoms with Crippen LogP contribution in [-0.2, 0) is 6.42 Å². The van der Waals surface area contributed by atoms with Crippen LogP contribution in [0.1, 0.15) is 51.0 Å². The minimum absolute atomic E-state index is 0.763. The topological polar surface area (TPSA) is 15.3 Å². The van der Waals surface area contributed by atoms with Crippen LogP contribution in [0.2, 0.25) is 0 Å². The Morgan fingerprint density at radius 3 is 2.45 bits per heavy atom. The second kappa shape index (κ2) is 8.12. The molecule has 22 heavy (non-hydrogen) atoms. The van der Waals surface area contributed by atoms with Crippen molar-refractivity contribution >= 4 is 0 Å². The van der Waals surface area contributed by atoms with Gasteiger partial charge in [0.25, 0.3) is 0 Å². The zero-order valence-electron chi connectivity index (χ0n) is 14.1. The highest BCUT2D eigenvalue weighted by Crippen LogP contribution is 2.25. The van der Waals surface area contributed by atoms with E-state index in [1.165, 1.54) is 70.1 Å². The van der Waals surface area contributed by atoms with E-state index in [0.29, 0.717) is 0 Å². The first-order valence-electron chi connectivity index (χ1n) is 9.33. The number of nitrogens with zero attached hydrogens (tertiary/aromatic N) is 1. The largest absolute Gasteiger partial charge is 0.311 e. The Balaban J connectivity index is 1.37. The minimum Gasteiger partial charge on any atom is -0.311 e. The molecule has 2 atom stereocenters. The summed E-state index contributed by atoms with van der Waals surface area (Å²) in [5.74, 6) is 0.880. The summed E-state index contributed by atoms with van der Waals surface area (Å²) < 4.78 is 0. The van der Waals surface area contributed by atoms with E-state index in [2.05, 4.69) is 47.5 Å². The smallest absolute Gasteiger partial charge is 0.00953 e. The lowest BCUT2D eigenvalue weighted by Gasteiger charge is -2.37. The van der Waals surface area contributed by atoms with E-state index in [1.807, 2.05) is 0 Å². The monoisotopic (exact) mass is 300 g/mol. The third-order valence-electron chi connectivity index (χ3n) is 5.71. The van der Waals surface area contributed by atoms with Crippen molar-refractivity contribution in [2.24, 2.45) is 5.92 Å². The summed E-state index contributed by atoms with van der Waals surface area (Å²) in [7, 11) is 0. The summed E-state index contributed by atoms with van der Waals surface area (Å²) in [6.07, 6.45) is 9.55. The second-order valence-corrected chi connectivity index (χ2v) is 7.39. The molecule has 1 saturated carbocycles. The molecule has 1 aromatic carbocycles. The molecule has 1 saturated heterocycles. The van der Waals surface area contributed by atoms with Crippen molar-refractivity contribution in [3.63, 3.8) is 0 Å². The number of benzene rings is 1. The lowest BCUT2D eigenvalue weighted by molar-refractivity contribution is 0.172. The molecule has 1 N–H and O–H groups in total. The van der Waals surface area contributed by atoms with Crippen LogP contribution in [0.5, 0.6) is 0 Å². The van der Waals surface area contributed by atoms with Gasteiger partial charge in [-0.15, -0.1) is 0 Å². The maximum atomic E-state index is 3.98. The second-order valence-electron chi connectivity index (χ2n) is 7.39. The van der Waals surface area contributed by atoms with Gasteiger partial charge in [-0.3, -0.25) is 0 Å². The van der Waals surface area contributed by atoms with E-state index >= 15 is 0 Å². The number of piperidine rings is 1. The van der Waals surface area contributed by atoms with Crippen molar-refractivity contribution in [3.05, 3.63) is 35.9 Å². The highest BCUT2D eigenvalue weighted by Gasteiger charge is 2.26. The highest BCUT2D eigenvalue weighted by atomic mass is 15.1. The molecule has 0 radical (unpaired) electrons. The van der Waals surface area contributed by atoms with E-state index < -0.39 is 0 Å². The fourth-order valence-electron chi connectivity index (χ4n) is 4.12. The summed E-state index contributed by atoms with van der Waals surface area (Å²) in [4.78, 5) is 2.65. The first kappa shape index (κ1) is 16.0. The van der Waals surface area contributed by atoms with Crippen molar-refractivity contribution < 1.29 is 0 Å². The molecule has 0 unspecified atom stereocenters. The average molecular weight is 300 g/mol. The normalized spacial score (nSPS) is 27.9.